The van der Waals surface area contributed by atoms with Gasteiger partial charge in [-0.05, 0) is 6.92 Å². The van der Waals surface area contributed by atoms with Crippen molar-refractivity contribution in [1.29, 1.82) is 0 Å². The molecule has 3 rings (SSSR count). The van der Waals surface area contributed by atoms with Crippen molar-refractivity contribution in [3.05, 3.63) is 32.6 Å². The molecule has 0 aliphatic carbocycles. The number of aromatic nitrogens is 2. The van der Waals surface area contributed by atoms with Gasteiger partial charge in [0.2, 0.25) is 0 Å². The lowest BCUT2D eigenvalue weighted by Gasteiger charge is -2.39. The van der Waals surface area contributed by atoms with Crippen molar-refractivity contribution in [3.8, 4) is 0 Å². The van der Waals surface area contributed by atoms with Crippen LogP contribution in [0.4, 0.5) is 0 Å². The van der Waals surface area contributed by atoms with Crippen molar-refractivity contribution in [2.45, 2.75) is 62.4 Å². The molecule has 0 radical (unpaired) electrons. The molecule has 3 heterocycles. The summed E-state index contributed by atoms with van der Waals surface area (Å²) in [7, 11) is 0. The number of aryl methyl sites for hydroxylation is 1. The van der Waals surface area contributed by atoms with Gasteiger partial charge in [-0.3, -0.25) is 14.3 Å². The number of nitrogens with two attached hydrogens (primary N) is 1. The lowest BCUT2D eigenvalue weighted by Crippen LogP contribution is -2.59. The number of aliphatic hydroxyl groups is 4. The van der Waals surface area contributed by atoms with Crippen LogP contribution in [-0.2, 0) is 14.2 Å². The van der Waals surface area contributed by atoms with Crippen molar-refractivity contribution in [1.82, 2.24) is 9.55 Å². The first-order valence-corrected chi connectivity index (χ1v) is 8.88. The summed E-state index contributed by atoms with van der Waals surface area (Å²) in [6, 6.07) is -0.506. The van der Waals surface area contributed by atoms with Gasteiger partial charge in [-0.1, -0.05) is 0 Å². The molecular formula is C16H25N3O9. The van der Waals surface area contributed by atoms with E-state index >= 15 is 0 Å². The fourth-order valence-electron chi connectivity index (χ4n) is 3.28. The molecule has 2 saturated heterocycles. The van der Waals surface area contributed by atoms with Crippen LogP contribution in [0.5, 0.6) is 0 Å². The minimum atomic E-state index is -1.55. The topological polar surface area (TPSA) is 189 Å². The van der Waals surface area contributed by atoms with Gasteiger partial charge in [0, 0.05) is 24.2 Å². The van der Waals surface area contributed by atoms with Crippen LogP contribution in [0.2, 0.25) is 0 Å². The third-order valence-electron chi connectivity index (χ3n) is 5.01. The normalized spacial score (nSPS) is 38.6. The van der Waals surface area contributed by atoms with Crippen LogP contribution in [0.25, 0.3) is 0 Å². The molecular weight excluding hydrogens is 378 g/mol. The van der Waals surface area contributed by atoms with Crippen molar-refractivity contribution >= 4 is 0 Å². The highest BCUT2D eigenvalue weighted by molar-refractivity contribution is 5.02. The van der Waals surface area contributed by atoms with E-state index in [2.05, 4.69) is 4.98 Å². The Morgan fingerprint density at radius 2 is 1.93 bits per heavy atom. The van der Waals surface area contributed by atoms with E-state index in [-0.39, 0.29) is 13.0 Å². The maximum absolute atomic E-state index is 12.0. The predicted molar refractivity (Wildman–Crippen MR) is 92.3 cm³/mol. The summed E-state index contributed by atoms with van der Waals surface area (Å²) in [5.41, 5.74) is 5.30. The number of nitrogens with zero attached hydrogens (tertiary/aromatic N) is 1. The van der Waals surface area contributed by atoms with Gasteiger partial charge in [0.1, 0.15) is 30.6 Å². The first-order chi connectivity index (χ1) is 13.2. The van der Waals surface area contributed by atoms with Gasteiger partial charge in [-0.2, -0.15) is 0 Å². The summed E-state index contributed by atoms with van der Waals surface area (Å²) in [4.78, 5) is 25.7. The smallest absolute Gasteiger partial charge is 0.330 e. The van der Waals surface area contributed by atoms with E-state index in [0.717, 1.165) is 0 Å². The number of hydrogen-bond donors (Lipinski definition) is 6. The summed E-state index contributed by atoms with van der Waals surface area (Å²) < 4.78 is 17.7. The van der Waals surface area contributed by atoms with Crippen molar-refractivity contribution in [2.75, 3.05) is 13.2 Å². The second-order valence-corrected chi connectivity index (χ2v) is 7.04. The molecule has 2 aliphatic heterocycles. The quantitative estimate of drug-likeness (QED) is 0.285. The Bertz CT molecular complexity index is 794. The van der Waals surface area contributed by atoms with Crippen LogP contribution >= 0.6 is 0 Å². The standard InChI is InChI=1S/C16H25N3O9/c1-6-3-19(16(25)18-14(6)24)10-2-7(17)9(27-10)5-26-15-13(23)12(22)11(21)8(4-20)28-15/h3,7-13,15,20-23H,2,4-5,17H2,1H3,(H,18,24,25)/t7-,8+,9+,10?,11+,12-,13-,15-/m0/s1. The molecule has 12 nitrogen and oxygen atoms in total. The Balaban J connectivity index is 1.64. The Kier molecular flexibility index (Phi) is 6.31. The van der Waals surface area contributed by atoms with Gasteiger partial charge in [-0.15, -0.1) is 0 Å². The SMILES string of the molecule is Cc1cn(C2C[C@H](N)[C@@H](CO[C@H]3O[C@H](CO)[C@@H](O)[C@H](O)[C@@H]3O)O2)c(=O)[nH]c1=O. The molecule has 1 aromatic heterocycles. The van der Waals surface area contributed by atoms with Crippen LogP contribution in [-0.4, -0.2) is 86.0 Å². The molecule has 1 aromatic rings. The molecule has 2 aliphatic rings. The van der Waals surface area contributed by atoms with E-state index in [0.29, 0.717) is 5.56 Å². The minimum absolute atomic E-state index is 0.128. The third kappa shape index (κ3) is 4.04. The van der Waals surface area contributed by atoms with Crippen molar-refractivity contribution < 1.29 is 34.6 Å². The Labute approximate surface area is 159 Å². The maximum atomic E-state index is 12.0. The van der Waals surface area contributed by atoms with Gasteiger partial charge < -0.3 is 40.4 Å². The number of rotatable bonds is 5. The Morgan fingerprint density at radius 1 is 1.21 bits per heavy atom. The van der Waals surface area contributed by atoms with Gasteiger partial charge in [0.15, 0.2) is 6.29 Å². The van der Waals surface area contributed by atoms with Crippen LogP contribution in [0.3, 0.4) is 0 Å². The average molecular weight is 403 g/mol. The van der Waals surface area contributed by atoms with Crippen LogP contribution < -0.4 is 17.0 Å². The lowest BCUT2D eigenvalue weighted by atomic mass is 9.99. The largest absolute Gasteiger partial charge is 0.394 e. The highest BCUT2D eigenvalue weighted by Gasteiger charge is 2.45. The number of H-pyrrole nitrogens is 1. The zero-order chi connectivity index (χ0) is 20.6. The van der Waals surface area contributed by atoms with Gasteiger partial charge in [-0.25, -0.2) is 4.79 Å². The number of aromatic amines is 1. The molecule has 28 heavy (non-hydrogen) atoms. The monoisotopic (exact) mass is 403 g/mol. The molecule has 0 spiro atoms. The molecule has 2 fully saturated rings. The Hall–Kier alpha value is -1.64. The molecule has 0 saturated carbocycles. The summed E-state index contributed by atoms with van der Waals surface area (Å²) in [6.45, 7) is 0.863. The summed E-state index contributed by atoms with van der Waals surface area (Å²) >= 11 is 0. The van der Waals surface area contributed by atoms with Crippen LogP contribution in [0, 0.1) is 6.92 Å². The molecule has 0 aromatic carbocycles. The second kappa shape index (κ2) is 8.39. The lowest BCUT2D eigenvalue weighted by molar-refractivity contribution is -0.305. The minimum Gasteiger partial charge on any atom is -0.394 e. The van der Waals surface area contributed by atoms with E-state index < -0.39 is 66.9 Å². The molecule has 12 heteroatoms. The zero-order valence-electron chi connectivity index (χ0n) is 15.2. The molecule has 7 N–H and O–H groups in total. The number of hydrogen-bond acceptors (Lipinski definition) is 10. The van der Waals surface area contributed by atoms with Gasteiger partial charge in [0.05, 0.1) is 19.3 Å². The number of nitrogens with one attached hydrogen (secondary N) is 1. The van der Waals surface area contributed by atoms with Gasteiger partial charge >= 0.3 is 5.69 Å². The van der Waals surface area contributed by atoms with Crippen molar-refractivity contribution in [3.63, 3.8) is 0 Å². The third-order valence-corrected chi connectivity index (χ3v) is 5.01. The molecule has 158 valence electrons. The first-order valence-electron chi connectivity index (χ1n) is 8.88. The number of aliphatic hydroxyl groups excluding tert-OH is 4. The van der Waals surface area contributed by atoms with Crippen molar-refractivity contribution in [2.24, 2.45) is 5.73 Å². The summed E-state index contributed by atoms with van der Waals surface area (Å²) in [5.74, 6) is 0. The van der Waals surface area contributed by atoms with Crippen LogP contribution in [0.15, 0.2) is 15.8 Å². The summed E-state index contributed by atoms with van der Waals surface area (Å²) in [6.07, 6.45) is -6.64. The molecule has 0 amide bonds. The van der Waals surface area contributed by atoms with Gasteiger partial charge in [0.25, 0.3) is 5.56 Å². The molecule has 8 atom stereocenters. The van der Waals surface area contributed by atoms with E-state index in [1.165, 1.54) is 10.8 Å². The van der Waals surface area contributed by atoms with E-state index in [4.69, 9.17) is 19.9 Å². The fourth-order valence-corrected chi connectivity index (χ4v) is 3.28. The van der Waals surface area contributed by atoms with E-state index in [1.54, 1.807) is 6.92 Å². The van der Waals surface area contributed by atoms with E-state index in [9.17, 15) is 30.0 Å². The maximum Gasteiger partial charge on any atom is 0.330 e. The molecule has 1 unspecified atom stereocenters. The zero-order valence-corrected chi connectivity index (χ0v) is 15.2. The first kappa shape index (κ1) is 21.1. The highest BCUT2D eigenvalue weighted by atomic mass is 16.7. The predicted octanol–water partition coefficient (Wildman–Crippen LogP) is -3.72. The molecule has 0 bridgehead atoms. The average Bonchev–Trinajstić information content (AvgIpc) is 3.02. The van der Waals surface area contributed by atoms with Crippen LogP contribution in [0.1, 0.15) is 18.2 Å². The Morgan fingerprint density at radius 3 is 2.61 bits per heavy atom. The fraction of sp³-hybridized carbons (Fsp3) is 0.750. The summed E-state index contributed by atoms with van der Waals surface area (Å²) in [5, 5.41) is 38.8. The van der Waals surface area contributed by atoms with E-state index in [1.807, 2.05) is 0 Å². The highest BCUT2D eigenvalue weighted by Crippen LogP contribution is 2.28. The number of ether oxygens (including phenoxy) is 3. The second-order valence-electron chi connectivity index (χ2n) is 7.04.